The topological polar surface area (TPSA) is 55.6 Å². The van der Waals surface area contributed by atoms with E-state index in [0.29, 0.717) is 13.1 Å². The number of carbonyl (C=O) groups excluding carboxylic acids is 1. The van der Waals surface area contributed by atoms with Gasteiger partial charge in [-0.05, 0) is 31.4 Å². The van der Waals surface area contributed by atoms with E-state index in [9.17, 15) is 4.79 Å². The number of aryl methyl sites for hydroxylation is 2. The van der Waals surface area contributed by atoms with E-state index in [1.54, 1.807) is 4.90 Å². The Balaban J connectivity index is 0.00000392. The Bertz CT molecular complexity index is 654. The zero-order chi connectivity index (χ0) is 19.6. The molecule has 0 radical (unpaired) electrons. The number of rotatable bonds is 9. The largest absolute Gasteiger partial charge is 0.448 e. The normalized spacial score (nSPS) is 11.4. The molecule has 2 aromatic rings. The van der Waals surface area contributed by atoms with Crippen LogP contribution in [0.25, 0.3) is 0 Å². The Morgan fingerprint density at radius 2 is 1.43 bits per heavy atom. The Kier molecular flexibility index (Phi) is 10.6. The van der Waals surface area contributed by atoms with Crippen LogP contribution >= 0.6 is 12.4 Å². The van der Waals surface area contributed by atoms with E-state index in [1.807, 2.05) is 0 Å². The van der Waals surface area contributed by atoms with Crippen LogP contribution < -0.4 is 5.73 Å². The molecule has 0 aliphatic rings. The zero-order valence-corrected chi connectivity index (χ0v) is 18.0. The van der Waals surface area contributed by atoms with Gasteiger partial charge in [-0.1, -0.05) is 79.4 Å². The lowest BCUT2D eigenvalue weighted by Gasteiger charge is -2.23. The summed E-state index contributed by atoms with van der Waals surface area (Å²) in [5, 5.41) is 0. The van der Waals surface area contributed by atoms with E-state index in [-0.39, 0.29) is 31.1 Å². The molecule has 28 heavy (non-hydrogen) atoms. The maximum absolute atomic E-state index is 12.7. The van der Waals surface area contributed by atoms with Crippen molar-refractivity contribution in [1.29, 1.82) is 0 Å². The second-order valence-electron chi connectivity index (χ2n) is 7.31. The van der Waals surface area contributed by atoms with Gasteiger partial charge in [-0.2, -0.15) is 0 Å². The van der Waals surface area contributed by atoms with Gasteiger partial charge in [-0.25, -0.2) is 4.79 Å². The van der Waals surface area contributed by atoms with Gasteiger partial charge in [0.1, 0.15) is 6.61 Å². The minimum atomic E-state index is -0.317. The molecule has 0 aliphatic carbocycles. The number of benzene rings is 2. The molecule has 1 amide bonds. The number of carbonyl (C=O) groups is 1. The first-order valence-electron chi connectivity index (χ1n) is 9.76. The molecule has 2 rings (SSSR count). The number of nitrogens with zero attached hydrogens (tertiary/aromatic N) is 1. The van der Waals surface area contributed by atoms with Gasteiger partial charge in [0.2, 0.25) is 0 Å². The van der Waals surface area contributed by atoms with Gasteiger partial charge in [0.25, 0.3) is 0 Å². The monoisotopic (exact) mass is 404 g/mol. The van der Waals surface area contributed by atoms with E-state index in [2.05, 4.69) is 69.3 Å². The van der Waals surface area contributed by atoms with Crippen LogP contribution in [0.1, 0.15) is 48.4 Å². The molecule has 1 unspecified atom stereocenters. The summed E-state index contributed by atoms with van der Waals surface area (Å²) < 4.78 is 5.52. The second kappa shape index (κ2) is 12.4. The number of amides is 1. The molecule has 1 atom stereocenters. The van der Waals surface area contributed by atoms with E-state index in [1.165, 1.54) is 11.1 Å². The van der Waals surface area contributed by atoms with Crippen LogP contribution in [0.15, 0.2) is 48.5 Å². The van der Waals surface area contributed by atoms with Gasteiger partial charge in [0.15, 0.2) is 0 Å². The number of halogens is 1. The Morgan fingerprint density at radius 3 is 1.86 bits per heavy atom. The molecule has 2 N–H and O–H groups in total. The van der Waals surface area contributed by atoms with E-state index < -0.39 is 0 Å². The molecule has 5 heteroatoms. The van der Waals surface area contributed by atoms with Crippen molar-refractivity contribution in [2.75, 3.05) is 6.61 Å². The van der Waals surface area contributed by atoms with Crippen molar-refractivity contribution in [1.82, 2.24) is 4.90 Å². The maximum atomic E-state index is 12.7. The van der Waals surface area contributed by atoms with Gasteiger partial charge in [0.05, 0.1) is 0 Å². The lowest BCUT2D eigenvalue weighted by atomic mass is 10.1. The number of nitrogens with two attached hydrogens (primary N) is 1. The molecule has 0 bridgehead atoms. The molecule has 0 saturated carbocycles. The smallest absolute Gasteiger partial charge is 0.410 e. The molecule has 0 aromatic heterocycles. The van der Waals surface area contributed by atoms with Crippen LogP contribution in [0, 0.1) is 13.8 Å². The number of ether oxygens (including phenoxy) is 1. The van der Waals surface area contributed by atoms with Gasteiger partial charge in [0, 0.05) is 19.1 Å². The van der Waals surface area contributed by atoms with Crippen molar-refractivity contribution < 1.29 is 9.53 Å². The molecule has 2 aromatic carbocycles. The first-order valence-corrected chi connectivity index (χ1v) is 9.76. The molecular weight excluding hydrogens is 372 g/mol. The molecule has 0 fully saturated rings. The summed E-state index contributed by atoms with van der Waals surface area (Å²) in [5.74, 6) is 0. The molecule has 0 heterocycles. The van der Waals surface area contributed by atoms with Crippen molar-refractivity contribution in [3.8, 4) is 0 Å². The van der Waals surface area contributed by atoms with Crippen molar-refractivity contribution in [2.45, 2.75) is 59.2 Å². The van der Waals surface area contributed by atoms with Crippen LogP contribution in [0.3, 0.4) is 0 Å². The summed E-state index contributed by atoms with van der Waals surface area (Å²) in [7, 11) is 0. The average Bonchev–Trinajstić information content (AvgIpc) is 2.67. The number of hydrogen-bond donors (Lipinski definition) is 1. The van der Waals surface area contributed by atoms with Gasteiger partial charge >= 0.3 is 6.09 Å². The summed E-state index contributed by atoms with van der Waals surface area (Å²) in [6.45, 7) is 7.52. The van der Waals surface area contributed by atoms with Crippen LogP contribution in [-0.2, 0) is 17.8 Å². The van der Waals surface area contributed by atoms with Crippen molar-refractivity contribution in [3.05, 3.63) is 70.8 Å². The standard InChI is InChI=1S/C23H32N2O2.ClH/c1-4-5-6-22(24)17-27-23(26)25(15-20-11-7-18(2)8-12-20)16-21-13-9-19(3)10-14-21;/h7-14,22H,4-6,15-17,24H2,1-3H3;1H. The molecule has 0 aliphatic heterocycles. The Labute approximate surface area is 175 Å². The summed E-state index contributed by atoms with van der Waals surface area (Å²) in [6, 6.07) is 16.4. The van der Waals surface area contributed by atoms with E-state index >= 15 is 0 Å². The number of hydrogen-bond acceptors (Lipinski definition) is 3. The SMILES string of the molecule is CCCCC(N)COC(=O)N(Cc1ccc(C)cc1)Cc1ccc(C)cc1.Cl. The average molecular weight is 405 g/mol. The fraction of sp³-hybridized carbons (Fsp3) is 0.435. The lowest BCUT2D eigenvalue weighted by molar-refractivity contribution is 0.0907. The summed E-state index contributed by atoms with van der Waals surface area (Å²) in [5.41, 5.74) is 10.6. The highest BCUT2D eigenvalue weighted by molar-refractivity contribution is 5.85. The Morgan fingerprint density at radius 1 is 0.964 bits per heavy atom. The summed E-state index contributed by atoms with van der Waals surface area (Å²) in [4.78, 5) is 14.5. The zero-order valence-electron chi connectivity index (χ0n) is 17.2. The highest BCUT2D eigenvalue weighted by Gasteiger charge is 2.17. The van der Waals surface area contributed by atoms with Crippen molar-refractivity contribution >= 4 is 18.5 Å². The predicted molar refractivity (Wildman–Crippen MR) is 118 cm³/mol. The Hall–Kier alpha value is -2.04. The lowest BCUT2D eigenvalue weighted by Crippen LogP contribution is -2.35. The van der Waals surface area contributed by atoms with Crippen LogP contribution in [0.2, 0.25) is 0 Å². The molecule has 0 saturated heterocycles. The minimum absolute atomic E-state index is 0. The van der Waals surface area contributed by atoms with E-state index in [0.717, 1.165) is 30.4 Å². The maximum Gasteiger partial charge on any atom is 0.410 e. The highest BCUT2D eigenvalue weighted by atomic mass is 35.5. The number of unbranched alkanes of at least 4 members (excludes halogenated alkanes) is 1. The predicted octanol–water partition coefficient (Wildman–Crippen LogP) is 5.38. The van der Waals surface area contributed by atoms with Crippen LogP contribution in [0.5, 0.6) is 0 Å². The summed E-state index contributed by atoms with van der Waals surface area (Å²) in [6.07, 6.45) is 2.70. The second-order valence-corrected chi connectivity index (χ2v) is 7.31. The van der Waals surface area contributed by atoms with Crippen molar-refractivity contribution in [3.63, 3.8) is 0 Å². The van der Waals surface area contributed by atoms with Crippen LogP contribution in [0.4, 0.5) is 4.79 Å². The third-order valence-electron chi connectivity index (χ3n) is 4.60. The quantitative estimate of drug-likeness (QED) is 0.610. The first-order chi connectivity index (χ1) is 13.0. The fourth-order valence-electron chi connectivity index (χ4n) is 2.83. The minimum Gasteiger partial charge on any atom is -0.448 e. The van der Waals surface area contributed by atoms with Crippen molar-refractivity contribution in [2.24, 2.45) is 5.73 Å². The third-order valence-corrected chi connectivity index (χ3v) is 4.60. The highest BCUT2D eigenvalue weighted by Crippen LogP contribution is 2.14. The molecule has 0 spiro atoms. The first kappa shape index (κ1) is 24.0. The van der Waals surface area contributed by atoms with Gasteiger partial charge in [-0.15, -0.1) is 12.4 Å². The molecule has 154 valence electrons. The third kappa shape index (κ3) is 8.32. The molecular formula is C23H33ClN2O2. The summed E-state index contributed by atoms with van der Waals surface area (Å²) >= 11 is 0. The van der Waals surface area contributed by atoms with Gasteiger partial charge in [-0.3, -0.25) is 4.90 Å². The van der Waals surface area contributed by atoms with Crippen LogP contribution in [-0.4, -0.2) is 23.6 Å². The molecule has 4 nitrogen and oxygen atoms in total. The fourth-order valence-corrected chi connectivity index (χ4v) is 2.83. The van der Waals surface area contributed by atoms with E-state index in [4.69, 9.17) is 10.5 Å². The van der Waals surface area contributed by atoms with Gasteiger partial charge < -0.3 is 10.5 Å².